The molecular weight excluding hydrogens is 263 g/mol. The molecule has 1 rings (SSSR count). The minimum atomic E-state index is -4.12. The Morgan fingerprint density at radius 3 is 2.33 bits per heavy atom. The zero-order chi connectivity index (χ0) is 13.9. The van der Waals surface area contributed by atoms with Gasteiger partial charge in [0.05, 0.1) is 0 Å². The summed E-state index contributed by atoms with van der Waals surface area (Å²) in [6, 6.07) is 3.35. The monoisotopic (exact) mass is 279 g/mol. The molecule has 5 heteroatoms. The van der Waals surface area contributed by atoms with E-state index in [0.717, 1.165) is 16.7 Å². The van der Waals surface area contributed by atoms with E-state index in [4.69, 9.17) is 11.6 Å². The van der Waals surface area contributed by atoms with Crippen molar-refractivity contribution < 1.29 is 13.2 Å². The molecule has 0 amide bonds. The summed E-state index contributed by atoms with van der Waals surface area (Å²) in [5.41, 5.74) is 2.67. The van der Waals surface area contributed by atoms with Crippen LogP contribution < -0.4 is 5.32 Å². The maximum atomic E-state index is 12.3. The van der Waals surface area contributed by atoms with Crippen LogP contribution >= 0.6 is 11.6 Å². The summed E-state index contributed by atoms with van der Waals surface area (Å²) >= 11 is 5.98. The van der Waals surface area contributed by atoms with Crippen LogP contribution in [-0.4, -0.2) is 13.2 Å². The lowest BCUT2D eigenvalue weighted by Crippen LogP contribution is -2.20. The molecule has 102 valence electrons. The number of benzene rings is 1. The molecule has 0 bridgehead atoms. The SMILES string of the molecule is CNC(CCC(F)(F)F)c1cc(C)c(Cl)cc1C. The van der Waals surface area contributed by atoms with Crippen molar-refractivity contribution in [1.82, 2.24) is 5.32 Å². The van der Waals surface area contributed by atoms with E-state index in [0.29, 0.717) is 5.02 Å². The molecule has 18 heavy (non-hydrogen) atoms. The Kier molecular flexibility index (Phi) is 5.05. The zero-order valence-corrected chi connectivity index (χ0v) is 11.4. The molecule has 0 aliphatic heterocycles. The van der Waals surface area contributed by atoms with Gasteiger partial charge in [-0.3, -0.25) is 0 Å². The van der Waals surface area contributed by atoms with Gasteiger partial charge in [-0.15, -0.1) is 0 Å². The predicted octanol–water partition coefficient (Wildman–Crippen LogP) is 4.56. The van der Waals surface area contributed by atoms with Crippen LogP contribution in [0.1, 0.15) is 35.6 Å². The van der Waals surface area contributed by atoms with Crippen LogP contribution in [0.3, 0.4) is 0 Å². The summed E-state index contributed by atoms with van der Waals surface area (Å²) in [7, 11) is 1.67. The van der Waals surface area contributed by atoms with Crippen LogP contribution in [0.25, 0.3) is 0 Å². The lowest BCUT2D eigenvalue weighted by Gasteiger charge is -2.20. The Hall–Kier alpha value is -0.740. The number of hydrogen-bond acceptors (Lipinski definition) is 1. The number of aryl methyl sites for hydroxylation is 2. The van der Waals surface area contributed by atoms with Gasteiger partial charge in [0.15, 0.2) is 0 Å². The van der Waals surface area contributed by atoms with E-state index >= 15 is 0 Å². The highest BCUT2D eigenvalue weighted by molar-refractivity contribution is 6.31. The molecule has 1 aromatic carbocycles. The van der Waals surface area contributed by atoms with Crippen molar-refractivity contribution in [3.8, 4) is 0 Å². The van der Waals surface area contributed by atoms with Crippen LogP contribution in [0.5, 0.6) is 0 Å². The highest BCUT2D eigenvalue weighted by atomic mass is 35.5. The Labute approximate surface area is 110 Å². The summed E-state index contributed by atoms with van der Waals surface area (Å²) in [6.45, 7) is 3.71. The summed E-state index contributed by atoms with van der Waals surface area (Å²) in [5, 5.41) is 3.58. The van der Waals surface area contributed by atoms with Gasteiger partial charge in [0.1, 0.15) is 0 Å². The smallest absolute Gasteiger partial charge is 0.313 e. The molecule has 0 saturated carbocycles. The van der Waals surface area contributed by atoms with Gasteiger partial charge >= 0.3 is 6.18 Å². The number of nitrogens with one attached hydrogen (secondary N) is 1. The van der Waals surface area contributed by atoms with E-state index in [1.54, 1.807) is 13.1 Å². The highest BCUT2D eigenvalue weighted by Gasteiger charge is 2.28. The quantitative estimate of drug-likeness (QED) is 0.852. The van der Waals surface area contributed by atoms with Gasteiger partial charge in [-0.25, -0.2) is 0 Å². The Bertz CT molecular complexity index is 415. The Morgan fingerprint density at radius 2 is 1.83 bits per heavy atom. The van der Waals surface area contributed by atoms with Crippen LogP contribution in [0.15, 0.2) is 12.1 Å². The second kappa shape index (κ2) is 5.93. The summed E-state index contributed by atoms with van der Waals surface area (Å²) in [6.07, 6.45) is -4.88. The topological polar surface area (TPSA) is 12.0 Å². The molecule has 0 heterocycles. The first kappa shape index (κ1) is 15.3. The second-order valence-corrected chi connectivity index (χ2v) is 4.86. The maximum Gasteiger partial charge on any atom is 0.389 e. The van der Waals surface area contributed by atoms with Crippen molar-refractivity contribution >= 4 is 11.6 Å². The lowest BCUT2D eigenvalue weighted by molar-refractivity contribution is -0.136. The fraction of sp³-hybridized carbons (Fsp3) is 0.538. The van der Waals surface area contributed by atoms with Gasteiger partial charge in [0.25, 0.3) is 0 Å². The molecule has 1 nitrogen and oxygen atoms in total. The summed E-state index contributed by atoms with van der Waals surface area (Å²) in [4.78, 5) is 0. The predicted molar refractivity (Wildman–Crippen MR) is 68.0 cm³/mol. The van der Waals surface area contributed by atoms with Gasteiger partial charge in [0.2, 0.25) is 0 Å². The molecule has 0 aliphatic rings. The van der Waals surface area contributed by atoms with Crippen LogP contribution in [0.2, 0.25) is 5.02 Å². The highest BCUT2D eigenvalue weighted by Crippen LogP contribution is 2.31. The normalized spacial score (nSPS) is 13.7. The van der Waals surface area contributed by atoms with Gasteiger partial charge in [-0.1, -0.05) is 17.7 Å². The molecule has 0 aliphatic carbocycles. The lowest BCUT2D eigenvalue weighted by atomic mass is 9.95. The van der Waals surface area contributed by atoms with Crippen LogP contribution in [0.4, 0.5) is 13.2 Å². The third kappa shape index (κ3) is 4.18. The van der Waals surface area contributed by atoms with Crippen molar-refractivity contribution in [1.29, 1.82) is 0 Å². The van der Waals surface area contributed by atoms with Crippen LogP contribution in [-0.2, 0) is 0 Å². The first-order valence-corrected chi connectivity index (χ1v) is 6.13. The van der Waals surface area contributed by atoms with E-state index in [1.807, 2.05) is 19.9 Å². The second-order valence-electron chi connectivity index (χ2n) is 4.45. The van der Waals surface area contributed by atoms with Crippen molar-refractivity contribution in [3.05, 3.63) is 33.8 Å². The summed E-state index contributed by atoms with van der Waals surface area (Å²) in [5.74, 6) is 0. The maximum absolute atomic E-state index is 12.3. The third-order valence-electron chi connectivity index (χ3n) is 2.99. The number of alkyl halides is 3. The minimum Gasteiger partial charge on any atom is -0.313 e. The summed E-state index contributed by atoms with van der Waals surface area (Å²) < 4.78 is 36.8. The molecule has 1 unspecified atom stereocenters. The molecule has 1 N–H and O–H groups in total. The standard InChI is InChI=1S/C13H17ClF3N/c1-8-7-11(14)9(2)6-10(8)12(18-3)4-5-13(15,16)17/h6-7,12,18H,4-5H2,1-3H3. The molecule has 0 spiro atoms. The number of hydrogen-bond donors (Lipinski definition) is 1. The molecule has 1 atom stereocenters. The fourth-order valence-electron chi connectivity index (χ4n) is 1.94. The Morgan fingerprint density at radius 1 is 1.22 bits per heavy atom. The van der Waals surface area contributed by atoms with Gasteiger partial charge < -0.3 is 5.32 Å². The number of rotatable bonds is 4. The van der Waals surface area contributed by atoms with Gasteiger partial charge in [0, 0.05) is 17.5 Å². The van der Waals surface area contributed by atoms with E-state index in [9.17, 15) is 13.2 Å². The van der Waals surface area contributed by atoms with Crippen LogP contribution in [0, 0.1) is 13.8 Å². The van der Waals surface area contributed by atoms with E-state index in [2.05, 4.69) is 5.32 Å². The van der Waals surface area contributed by atoms with Crippen molar-refractivity contribution in [2.24, 2.45) is 0 Å². The molecule has 1 aromatic rings. The molecule has 0 aromatic heterocycles. The third-order valence-corrected chi connectivity index (χ3v) is 3.39. The first-order valence-electron chi connectivity index (χ1n) is 5.75. The average Bonchev–Trinajstić information content (AvgIpc) is 2.24. The molecular formula is C13H17ClF3N. The average molecular weight is 280 g/mol. The first-order chi connectivity index (χ1) is 8.24. The van der Waals surface area contributed by atoms with E-state index < -0.39 is 12.6 Å². The van der Waals surface area contributed by atoms with Crippen molar-refractivity contribution in [2.75, 3.05) is 7.05 Å². The zero-order valence-electron chi connectivity index (χ0n) is 10.7. The largest absolute Gasteiger partial charge is 0.389 e. The van der Waals surface area contributed by atoms with Crippen molar-refractivity contribution in [3.63, 3.8) is 0 Å². The molecule has 0 saturated heterocycles. The fourth-order valence-corrected chi connectivity index (χ4v) is 2.16. The van der Waals surface area contributed by atoms with Gasteiger partial charge in [-0.05, 0) is 50.1 Å². The Balaban J connectivity index is 2.92. The molecule has 0 radical (unpaired) electrons. The van der Waals surface area contributed by atoms with Gasteiger partial charge in [-0.2, -0.15) is 13.2 Å². The van der Waals surface area contributed by atoms with E-state index in [-0.39, 0.29) is 12.5 Å². The number of halogens is 4. The van der Waals surface area contributed by atoms with E-state index in [1.165, 1.54) is 0 Å². The molecule has 0 fully saturated rings. The minimum absolute atomic E-state index is 0.0297. The van der Waals surface area contributed by atoms with Crippen molar-refractivity contribution in [2.45, 2.75) is 38.9 Å².